The minimum absolute atomic E-state index is 0.384. The van der Waals surface area contributed by atoms with Crippen LogP contribution in [0.15, 0.2) is 42.6 Å². The van der Waals surface area contributed by atoms with Crippen molar-refractivity contribution in [2.24, 2.45) is 11.5 Å². The molecular weight excluding hydrogens is 264 g/mol. The second kappa shape index (κ2) is 5.62. The quantitative estimate of drug-likeness (QED) is 0.725. The molecule has 2 rings (SSSR count). The van der Waals surface area contributed by atoms with Crippen molar-refractivity contribution in [1.29, 1.82) is 0 Å². The molecule has 106 valence electrons. The van der Waals surface area contributed by atoms with Crippen LogP contribution >= 0.6 is 0 Å². The summed E-state index contributed by atoms with van der Waals surface area (Å²) in [4.78, 5) is 3.55. The molecule has 0 aliphatic heterocycles. The smallest absolute Gasteiger partial charge is 0.212 e. The van der Waals surface area contributed by atoms with E-state index in [1.807, 2.05) is 0 Å². The summed E-state index contributed by atoms with van der Waals surface area (Å²) >= 11 is 0. The summed E-state index contributed by atoms with van der Waals surface area (Å²) < 4.78 is 26.0. The van der Waals surface area contributed by atoms with Crippen molar-refractivity contribution in [3.8, 4) is 0 Å². The molecular formula is C14H15F2N3O. The van der Waals surface area contributed by atoms with E-state index in [2.05, 4.69) is 4.98 Å². The van der Waals surface area contributed by atoms with Crippen molar-refractivity contribution in [1.82, 2.24) is 4.98 Å². The molecule has 2 unspecified atom stereocenters. The van der Waals surface area contributed by atoms with Gasteiger partial charge in [0, 0.05) is 6.20 Å². The lowest BCUT2D eigenvalue weighted by Gasteiger charge is -2.35. The number of halogens is 2. The first-order valence-corrected chi connectivity index (χ1v) is 6.02. The van der Waals surface area contributed by atoms with Crippen molar-refractivity contribution >= 4 is 0 Å². The molecule has 1 aromatic carbocycles. The van der Waals surface area contributed by atoms with E-state index in [-0.39, 0.29) is 6.61 Å². The minimum Gasteiger partial charge on any atom is -0.395 e. The second-order valence-corrected chi connectivity index (χ2v) is 4.53. The number of nitrogens with two attached hydrogens (primary N) is 2. The van der Waals surface area contributed by atoms with Gasteiger partial charge in [-0.3, -0.25) is 0 Å². The number of aliphatic hydroxyl groups is 1. The molecule has 6 heteroatoms. The number of pyridine rings is 1. The largest absolute Gasteiger partial charge is 0.395 e. The highest BCUT2D eigenvalue weighted by molar-refractivity contribution is 5.39. The van der Waals surface area contributed by atoms with Gasteiger partial charge in [-0.05, 0) is 29.3 Å². The zero-order chi connectivity index (χ0) is 14.8. The molecule has 0 aliphatic carbocycles. The Morgan fingerprint density at radius 1 is 1.10 bits per heavy atom. The fourth-order valence-electron chi connectivity index (χ4n) is 2.09. The highest BCUT2D eigenvalue weighted by Crippen LogP contribution is 2.29. The zero-order valence-electron chi connectivity index (χ0n) is 10.6. The number of aliphatic hydroxyl groups excluding tert-OH is 1. The number of aromatic nitrogens is 1. The fourth-order valence-corrected chi connectivity index (χ4v) is 2.09. The maximum absolute atomic E-state index is 13.0. The van der Waals surface area contributed by atoms with Crippen LogP contribution in [-0.2, 0) is 5.54 Å². The summed E-state index contributed by atoms with van der Waals surface area (Å²) in [5.74, 6) is -1.06. The highest BCUT2D eigenvalue weighted by Gasteiger charge is 2.36. The van der Waals surface area contributed by atoms with Gasteiger partial charge in [0.05, 0.1) is 18.2 Å². The summed E-state index contributed by atoms with van der Waals surface area (Å²) in [6.07, 6.45) is 1.26. The zero-order valence-corrected chi connectivity index (χ0v) is 10.6. The van der Waals surface area contributed by atoms with Crippen molar-refractivity contribution in [3.05, 3.63) is 65.5 Å². The maximum Gasteiger partial charge on any atom is 0.212 e. The van der Waals surface area contributed by atoms with Crippen molar-refractivity contribution in [2.75, 3.05) is 6.61 Å². The molecule has 0 radical (unpaired) electrons. The van der Waals surface area contributed by atoms with E-state index >= 15 is 0 Å². The van der Waals surface area contributed by atoms with E-state index in [0.717, 1.165) is 6.07 Å². The van der Waals surface area contributed by atoms with Gasteiger partial charge in [0.1, 0.15) is 5.82 Å². The predicted molar refractivity (Wildman–Crippen MR) is 70.6 cm³/mol. The third-order valence-electron chi connectivity index (χ3n) is 3.31. The van der Waals surface area contributed by atoms with Crippen molar-refractivity contribution < 1.29 is 13.9 Å². The summed E-state index contributed by atoms with van der Waals surface area (Å²) in [5.41, 5.74) is 11.9. The number of benzene rings is 1. The summed E-state index contributed by atoms with van der Waals surface area (Å²) in [6.45, 7) is -0.384. The van der Waals surface area contributed by atoms with Crippen LogP contribution in [0, 0.1) is 11.8 Å². The topological polar surface area (TPSA) is 85.2 Å². The molecule has 5 N–H and O–H groups in total. The molecule has 2 aromatic rings. The van der Waals surface area contributed by atoms with Gasteiger partial charge in [-0.15, -0.1) is 0 Å². The van der Waals surface area contributed by atoms with Crippen molar-refractivity contribution in [3.63, 3.8) is 0 Å². The number of hydrogen-bond donors (Lipinski definition) is 3. The van der Waals surface area contributed by atoms with Gasteiger partial charge < -0.3 is 16.6 Å². The lowest BCUT2D eigenvalue weighted by molar-refractivity contribution is 0.223. The monoisotopic (exact) mass is 279 g/mol. The number of hydrogen-bond acceptors (Lipinski definition) is 4. The molecule has 2 atom stereocenters. The average molecular weight is 279 g/mol. The Kier molecular flexibility index (Phi) is 4.08. The van der Waals surface area contributed by atoms with Crippen LogP contribution in [0.4, 0.5) is 8.78 Å². The first-order valence-electron chi connectivity index (χ1n) is 6.02. The first-order chi connectivity index (χ1) is 9.48. The molecule has 0 saturated heterocycles. The normalized spacial score (nSPS) is 15.7. The van der Waals surface area contributed by atoms with Crippen LogP contribution in [0.3, 0.4) is 0 Å². The summed E-state index contributed by atoms with van der Waals surface area (Å²) in [7, 11) is 0. The number of nitrogens with zero attached hydrogens (tertiary/aromatic N) is 1. The third-order valence-corrected chi connectivity index (χ3v) is 3.31. The lowest BCUT2D eigenvalue weighted by atomic mass is 9.79. The molecule has 0 saturated carbocycles. The lowest BCUT2D eigenvalue weighted by Crippen LogP contribution is -2.55. The summed E-state index contributed by atoms with van der Waals surface area (Å²) in [5, 5.41) is 9.33. The Morgan fingerprint density at radius 3 is 2.20 bits per heavy atom. The Hall–Kier alpha value is -1.89. The summed E-state index contributed by atoms with van der Waals surface area (Å²) in [6, 6.07) is 7.21. The van der Waals surface area contributed by atoms with Crippen LogP contribution < -0.4 is 11.5 Å². The van der Waals surface area contributed by atoms with E-state index in [9.17, 15) is 13.9 Å². The minimum atomic E-state index is -1.29. The predicted octanol–water partition coefficient (Wildman–Crippen LogP) is 0.882. The van der Waals surface area contributed by atoms with E-state index in [1.54, 1.807) is 0 Å². The van der Waals surface area contributed by atoms with Gasteiger partial charge in [0.2, 0.25) is 5.95 Å². The molecule has 0 aliphatic rings. The molecule has 4 nitrogen and oxygen atoms in total. The van der Waals surface area contributed by atoms with Crippen molar-refractivity contribution in [2.45, 2.75) is 11.6 Å². The molecule has 20 heavy (non-hydrogen) atoms. The first kappa shape index (κ1) is 14.5. The highest BCUT2D eigenvalue weighted by atomic mass is 19.1. The Morgan fingerprint density at radius 2 is 1.70 bits per heavy atom. The standard InChI is InChI=1S/C14H15F2N3O/c15-11-4-1-9(2-5-11)14(18,12(17)8-20)10-3-6-13(16)19-7-10/h1-7,12,20H,8,17-18H2. The van der Waals surface area contributed by atoms with Crippen LogP contribution in [-0.4, -0.2) is 22.7 Å². The fraction of sp³-hybridized carbons (Fsp3) is 0.214. The molecule has 0 bridgehead atoms. The van der Waals surface area contributed by atoms with E-state index in [1.165, 1.54) is 36.5 Å². The Labute approximate surface area is 115 Å². The number of rotatable bonds is 4. The van der Waals surface area contributed by atoms with Crippen LogP contribution in [0.1, 0.15) is 11.1 Å². The molecule has 1 aromatic heterocycles. The molecule has 0 fully saturated rings. The SMILES string of the molecule is NC(CO)C(N)(c1ccc(F)cc1)c1ccc(F)nc1. The van der Waals surface area contributed by atoms with Gasteiger partial charge in [-0.25, -0.2) is 9.37 Å². The van der Waals surface area contributed by atoms with E-state index in [0.29, 0.717) is 11.1 Å². The van der Waals surface area contributed by atoms with E-state index in [4.69, 9.17) is 11.5 Å². The molecule has 0 amide bonds. The Bertz CT molecular complexity index is 526. The van der Waals surface area contributed by atoms with Crippen LogP contribution in [0.5, 0.6) is 0 Å². The van der Waals surface area contributed by atoms with Gasteiger partial charge in [-0.2, -0.15) is 4.39 Å². The Balaban J connectivity index is 2.55. The van der Waals surface area contributed by atoms with Gasteiger partial charge >= 0.3 is 0 Å². The van der Waals surface area contributed by atoms with Gasteiger partial charge in [0.15, 0.2) is 0 Å². The van der Waals surface area contributed by atoms with Gasteiger partial charge in [0.25, 0.3) is 0 Å². The third kappa shape index (κ3) is 2.53. The molecule has 1 heterocycles. The van der Waals surface area contributed by atoms with Crippen LogP contribution in [0.2, 0.25) is 0 Å². The molecule has 0 spiro atoms. The van der Waals surface area contributed by atoms with Gasteiger partial charge in [-0.1, -0.05) is 18.2 Å². The maximum atomic E-state index is 13.0. The van der Waals surface area contributed by atoms with Crippen LogP contribution in [0.25, 0.3) is 0 Å². The second-order valence-electron chi connectivity index (χ2n) is 4.53. The van der Waals surface area contributed by atoms with E-state index < -0.39 is 23.3 Å². The average Bonchev–Trinajstić information content (AvgIpc) is 2.47.